The summed E-state index contributed by atoms with van der Waals surface area (Å²) in [6, 6.07) is -0.611. The summed E-state index contributed by atoms with van der Waals surface area (Å²) in [6.45, 7) is 4.78. The van der Waals surface area contributed by atoms with Crippen LogP contribution >= 0.6 is 0 Å². The molecule has 0 aliphatic heterocycles. The zero-order chi connectivity index (χ0) is 44.2. The van der Waals surface area contributed by atoms with E-state index in [1.165, 1.54) is 180 Å². The van der Waals surface area contributed by atoms with Crippen molar-refractivity contribution in [1.82, 2.24) is 0 Å². The molecule has 0 heterocycles. The highest BCUT2D eigenvalue weighted by atomic mass is 16.6. The number of rotatable bonds is 47. The molecule has 1 N–H and O–H groups in total. The molecular weight excluding hydrogens is 751 g/mol. The SMILES string of the molecule is CCCCCCCCCCCCC/C=C/CCCCCCCCCC(=O)OCC(COCCC(C(=O)O)[N+](C)(C)C)OC(=O)CCCCCCCCCCCCCCCC. The molecule has 8 nitrogen and oxygen atoms in total. The van der Waals surface area contributed by atoms with Crippen LogP contribution in [-0.4, -0.2) is 80.6 Å². The average molecular weight is 851 g/mol. The molecule has 0 aromatic carbocycles. The van der Waals surface area contributed by atoms with Crippen LogP contribution in [0.25, 0.3) is 0 Å². The zero-order valence-electron chi connectivity index (χ0n) is 40.4. The molecule has 60 heavy (non-hydrogen) atoms. The highest BCUT2D eigenvalue weighted by molar-refractivity contribution is 5.72. The molecule has 0 aliphatic rings. The summed E-state index contributed by atoms with van der Waals surface area (Å²) >= 11 is 0. The molecule has 0 aromatic rings. The van der Waals surface area contributed by atoms with E-state index in [4.69, 9.17) is 14.2 Å². The van der Waals surface area contributed by atoms with Crippen molar-refractivity contribution in [1.29, 1.82) is 0 Å². The molecule has 2 unspecified atom stereocenters. The summed E-state index contributed by atoms with van der Waals surface area (Å²) in [5.41, 5.74) is 0. The maximum Gasteiger partial charge on any atom is 0.362 e. The minimum Gasteiger partial charge on any atom is -0.477 e. The lowest BCUT2D eigenvalue weighted by atomic mass is 10.0. The largest absolute Gasteiger partial charge is 0.477 e. The highest BCUT2D eigenvalue weighted by Crippen LogP contribution is 2.16. The second-order valence-corrected chi connectivity index (χ2v) is 18.8. The van der Waals surface area contributed by atoms with Crippen LogP contribution in [0.2, 0.25) is 0 Å². The number of quaternary nitrogens is 1. The number of ether oxygens (including phenoxy) is 3. The lowest BCUT2D eigenvalue weighted by Gasteiger charge is -2.31. The third-order valence-corrected chi connectivity index (χ3v) is 11.9. The van der Waals surface area contributed by atoms with E-state index in [0.29, 0.717) is 19.3 Å². The fraction of sp³-hybridized carbons (Fsp3) is 0.904. The number of unbranched alkanes of at least 4 members (excludes halogenated alkanes) is 31. The second kappa shape index (κ2) is 43.7. The van der Waals surface area contributed by atoms with E-state index in [1.807, 2.05) is 21.1 Å². The topological polar surface area (TPSA) is 99.1 Å². The summed E-state index contributed by atoms with van der Waals surface area (Å²) < 4.78 is 17.4. The molecule has 2 atom stereocenters. The molecule has 8 heteroatoms. The number of nitrogens with zero attached hydrogens (tertiary/aromatic N) is 1. The maximum absolute atomic E-state index is 12.8. The van der Waals surface area contributed by atoms with Crippen molar-refractivity contribution in [3.05, 3.63) is 12.2 Å². The van der Waals surface area contributed by atoms with Crippen LogP contribution in [0.1, 0.15) is 251 Å². The second-order valence-electron chi connectivity index (χ2n) is 18.8. The van der Waals surface area contributed by atoms with Gasteiger partial charge in [-0.2, -0.15) is 0 Å². The van der Waals surface area contributed by atoms with Crippen LogP contribution in [-0.2, 0) is 28.6 Å². The molecule has 0 amide bonds. The molecule has 0 saturated carbocycles. The molecule has 0 rings (SSSR count). The van der Waals surface area contributed by atoms with E-state index in [-0.39, 0.29) is 36.2 Å². The molecule has 0 radical (unpaired) electrons. The van der Waals surface area contributed by atoms with Crippen LogP contribution in [0.5, 0.6) is 0 Å². The number of carboxylic acid groups (broad SMARTS) is 1. The van der Waals surface area contributed by atoms with Gasteiger partial charge in [-0.3, -0.25) is 9.59 Å². The quantitative estimate of drug-likeness (QED) is 0.0282. The monoisotopic (exact) mass is 851 g/mol. The number of aliphatic carboxylic acids is 1. The molecule has 0 spiro atoms. The van der Waals surface area contributed by atoms with Crippen molar-refractivity contribution < 1.29 is 38.2 Å². The van der Waals surface area contributed by atoms with E-state index in [2.05, 4.69) is 26.0 Å². The Morgan fingerprint density at radius 2 is 0.833 bits per heavy atom. The summed E-state index contributed by atoms with van der Waals surface area (Å²) in [7, 11) is 5.54. The summed E-state index contributed by atoms with van der Waals surface area (Å²) in [5, 5.41) is 9.64. The fourth-order valence-corrected chi connectivity index (χ4v) is 7.91. The normalized spacial score (nSPS) is 12.9. The fourth-order valence-electron chi connectivity index (χ4n) is 7.91. The lowest BCUT2D eigenvalue weighted by molar-refractivity contribution is -0.887. The van der Waals surface area contributed by atoms with Crippen molar-refractivity contribution in [3.63, 3.8) is 0 Å². The third-order valence-electron chi connectivity index (χ3n) is 11.9. The molecule has 0 aliphatic carbocycles. The minimum absolute atomic E-state index is 0.0469. The van der Waals surface area contributed by atoms with E-state index in [1.54, 1.807) is 0 Å². The van der Waals surface area contributed by atoms with Gasteiger partial charge < -0.3 is 23.8 Å². The van der Waals surface area contributed by atoms with E-state index in [0.717, 1.165) is 38.5 Å². The van der Waals surface area contributed by atoms with Gasteiger partial charge in [-0.1, -0.05) is 206 Å². The van der Waals surface area contributed by atoms with Gasteiger partial charge in [-0.15, -0.1) is 0 Å². The first-order chi connectivity index (χ1) is 29.1. The minimum atomic E-state index is -0.871. The molecule has 0 saturated heterocycles. The van der Waals surface area contributed by atoms with Gasteiger partial charge >= 0.3 is 17.9 Å². The smallest absolute Gasteiger partial charge is 0.362 e. The maximum atomic E-state index is 12.8. The van der Waals surface area contributed by atoms with E-state index in [9.17, 15) is 19.5 Å². The number of carbonyl (C=O) groups is 3. The first kappa shape index (κ1) is 58.1. The van der Waals surface area contributed by atoms with Crippen molar-refractivity contribution in [2.75, 3.05) is 41.0 Å². The number of allylic oxidation sites excluding steroid dienone is 2. The number of esters is 2. The Hall–Kier alpha value is -1.93. The van der Waals surface area contributed by atoms with Crippen LogP contribution in [0, 0.1) is 0 Å². The average Bonchev–Trinajstić information content (AvgIpc) is 3.21. The van der Waals surface area contributed by atoms with Crippen molar-refractivity contribution >= 4 is 17.9 Å². The van der Waals surface area contributed by atoms with Gasteiger partial charge in [0, 0.05) is 19.3 Å². The molecule has 0 fully saturated rings. The Morgan fingerprint density at radius 1 is 0.483 bits per heavy atom. The number of carbonyl (C=O) groups excluding carboxylic acids is 2. The number of hydrogen-bond acceptors (Lipinski definition) is 6. The van der Waals surface area contributed by atoms with Gasteiger partial charge in [0.1, 0.15) is 6.61 Å². The van der Waals surface area contributed by atoms with Crippen LogP contribution in [0.15, 0.2) is 12.2 Å². The van der Waals surface area contributed by atoms with Gasteiger partial charge in [0.05, 0.1) is 34.4 Å². The summed E-state index contributed by atoms with van der Waals surface area (Å²) in [5.74, 6) is -1.45. The summed E-state index contributed by atoms with van der Waals surface area (Å²) in [4.78, 5) is 37.1. The van der Waals surface area contributed by atoms with Crippen molar-refractivity contribution in [3.8, 4) is 0 Å². The first-order valence-electron chi connectivity index (χ1n) is 25.7. The Bertz CT molecular complexity index is 993. The van der Waals surface area contributed by atoms with Gasteiger partial charge in [0.25, 0.3) is 0 Å². The summed E-state index contributed by atoms with van der Waals surface area (Å²) in [6.07, 6.45) is 48.3. The Labute approximate surface area is 371 Å². The standard InChI is InChI=1S/C52H99NO7/c1-6-8-10-12-14-16-18-20-22-23-24-25-26-27-28-29-31-32-34-36-38-40-42-50(54)59-47-48(46-58-45-44-49(52(56)57)53(3,4)5)60-51(55)43-41-39-37-35-33-30-21-19-17-15-13-11-9-7-2/h26-27,48-49H,6-25,28-47H2,1-5H3/p+1/b27-26+. The molecular formula is C52H100NO7+. The lowest BCUT2D eigenvalue weighted by Crippen LogP contribution is -2.50. The number of carboxylic acids is 1. The van der Waals surface area contributed by atoms with Gasteiger partial charge in [-0.25, -0.2) is 4.79 Å². The highest BCUT2D eigenvalue weighted by Gasteiger charge is 2.31. The van der Waals surface area contributed by atoms with Crippen LogP contribution in [0.3, 0.4) is 0 Å². The number of hydrogen-bond donors (Lipinski definition) is 1. The van der Waals surface area contributed by atoms with Gasteiger partial charge in [0.2, 0.25) is 0 Å². The molecule has 354 valence electrons. The Morgan fingerprint density at radius 3 is 1.20 bits per heavy atom. The predicted octanol–water partition coefficient (Wildman–Crippen LogP) is 14.6. The van der Waals surface area contributed by atoms with Gasteiger partial charge in [0.15, 0.2) is 12.1 Å². The van der Waals surface area contributed by atoms with E-state index < -0.39 is 18.1 Å². The van der Waals surface area contributed by atoms with Crippen LogP contribution < -0.4 is 0 Å². The zero-order valence-corrected chi connectivity index (χ0v) is 40.4. The third kappa shape index (κ3) is 41.4. The first-order valence-corrected chi connectivity index (χ1v) is 25.7. The van der Waals surface area contributed by atoms with Gasteiger partial charge in [-0.05, 0) is 38.5 Å². The van der Waals surface area contributed by atoms with Crippen molar-refractivity contribution in [2.24, 2.45) is 0 Å². The molecule has 0 bridgehead atoms. The Balaban J connectivity index is 4.18. The van der Waals surface area contributed by atoms with E-state index >= 15 is 0 Å². The molecule has 0 aromatic heterocycles. The Kier molecular flexibility index (Phi) is 42.3. The predicted molar refractivity (Wildman–Crippen MR) is 252 cm³/mol. The van der Waals surface area contributed by atoms with Crippen molar-refractivity contribution in [2.45, 2.75) is 264 Å². The van der Waals surface area contributed by atoms with Crippen LogP contribution in [0.4, 0.5) is 0 Å². The number of likely N-dealkylation sites (N-methyl/N-ethyl adjacent to an activating group) is 1.